The predicted molar refractivity (Wildman–Crippen MR) is 95.2 cm³/mol. The Labute approximate surface area is 142 Å². The van der Waals surface area contributed by atoms with Gasteiger partial charge in [0.25, 0.3) is 0 Å². The monoisotopic (exact) mass is 330 g/mol. The fourth-order valence-corrected chi connectivity index (χ4v) is 3.03. The SMILES string of the molecule is CC(C)N1CCN(C(=O)Nc2cnc3c(cnn3C(C)C)c2)CC1. The molecule has 0 aromatic carbocycles. The highest BCUT2D eigenvalue weighted by atomic mass is 16.2. The molecule has 1 N–H and O–H groups in total. The Morgan fingerprint density at radius 2 is 1.79 bits per heavy atom. The highest BCUT2D eigenvalue weighted by Gasteiger charge is 2.22. The summed E-state index contributed by atoms with van der Waals surface area (Å²) < 4.78 is 1.88. The average Bonchev–Trinajstić information content (AvgIpc) is 2.98. The second kappa shape index (κ2) is 6.76. The minimum absolute atomic E-state index is 0.0594. The lowest BCUT2D eigenvalue weighted by atomic mass is 10.2. The maximum absolute atomic E-state index is 12.4. The molecule has 7 nitrogen and oxygen atoms in total. The number of piperazine rings is 1. The van der Waals surface area contributed by atoms with E-state index in [1.807, 2.05) is 15.6 Å². The van der Waals surface area contributed by atoms with E-state index in [1.54, 1.807) is 12.4 Å². The highest BCUT2D eigenvalue weighted by molar-refractivity contribution is 5.91. The van der Waals surface area contributed by atoms with Crippen LogP contribution in [0.3, 0.4) is 0 Å². The first-order chi connectivity index (χ1) is 11.5. The first-order valence-corrected chi connectivity index (χ1v) is 8.59. The number of hydrogen-bond acceptors (Lipinski definition) is 4. The third-order valence-corrected chi connectivity index (χ3v) is 4.51. The van der Waals surface area contributed by atoms with Crippen LogP contribution in [-0.4, -0.2) is 62.8 Å². The Kier molecular flexibility index (Phi) is 4.71. The molecular weight excluding hydrogens is 304 g/mol. The van der Waals surface area contributed by atoms with Crippen molar-refractivity contribution in [1.29, 1.82) is 0 Å². The molecule has 0 bridgehead atoms. The summed E-state index contributed by atoms with van der Waals surface area (Å²) in [5.74, 6) is 0. The first-order valence-electron chi connectivity index (χ1n) is 8.59. The fraction of sp³-hybridized carbons (Fsp3) is 0.588. The van der Waals surface area contributed by atoms with Gasteiger partial charge in [0.2, 0.25) is 0 Å². The smallest absolute Gasteiger partial charge is 0.321 e. The molecular formula is C17H26N6O. The number of carbonyl (C=O) groups is 1. The molecule has 1 aliphatic heterocycles. The Bertz CT molecular complexity index is 715. The molecule has 0 radical (unpaired) electrons. The molecule has 1 saturated heterocycles. The zero-order valence-corrected chi connectivity index (χ0v) is 14.9. The number of anilines is 1. The molecule has 3 heterocycles. The summed E-state index contributed by atoms with van der Waals surface area (Å²) in [4.78, 5) is 21.1. The first kappa shape index (κ1) is 16.7. The number of fused-ring (bicyclic) bond motifs is 1. The maximum atomic E-state index is 12.4. The summed E-state index contributed by atoms with van der Waals surface area (Å²) in [6, 6.07) is 2.65. The number of urea groups is 1. The van der Waals surface area contributed by atoms with E-state index in [0.29, 0.717) is 11.7 Å². The molecule has 7 heteroatoms. The molecule has 0 unspecified atom stereocenters. The van der Waals surface area contributed by atoms with Crippen molar-refractivity contribution in [3.05, 3.63) is 18.5 Å². The van der Waals surface area contributed by atoms with Gasteiger partial charge >= 0.3 is 6.03 Å². The van der Waals surface area contributed by atoms with Gasteiger partial charge in [-0.25, -0.2) is 14.5 Å². The number of hydrogen-bond donors (Lipinski definition) is 1. The van der Waals surface area contributed by atoms with Crippen molar-refractivity contribution in [2.45, 2.75) is 39.8 Å². The minimum Gasteiger partial charge on any atom is -0.322 e. The van der Waals surface area contributed by atoms with Gasteiger partial charge < -0.3 is 10.2 Å². The second-order valence-electron chi connectivity index (χ2n) is 6.87. The van der Waals surface area contributed by atoms with Crippen molar-refractivity contribution < 1.29 is 4.79 Å². The van der Waals surface area contributed by atoms with E-state index in [-0.39, 0.29) is 12.1 Å². The van der Waals surface area contributed by atoms with Crippen LogP contribution in [-0.2, 0) is 0 Å². The largest absolute Gasteiger partial charge is 0.322 e. The summed E-state index contributed by atoms with van der Waals surface area (Å²) >= 11 is 0. The summed E-state index contributed by atoms with van der Waals surface area (Å²) in [6.45, 7) is 11.9. The van der Waals surface area contributed by atoms with Crippen LogP contribution in [0.2, 0.25) is 0 Å². The number of nitrogens with one attached hydrogen (secondary N) is 1. The van der Waals surface area contributed by atoms with Crippen molar-refractivity contribution in [1.82, 2.24) is 24.6 Å². The number of pyridine rings is 1. The molecule has 2 amide bonds. The number of amides is 2. The van der Waals surface area contributed by atoms with E-state index >= 15 is 0 Å². The average molecular weight is 330 g/mol. The number of carbonyl (C=O) groups excluding carboxylic acids is 1. The summed E-state index contributed by atoms with van der Waals surface area (Å²) in [5.41, 5.74) is 1.55. The van der Waals surface area contributed by atoms with Crippen LogP contribution >= 0.6 is 0 Å². The lowest BCUT2D eigenvalue weighted by molar-refractivity contribution is 0.125. The maximum Gasteiger partial charge on any atom is 0.321 e. The fourth-order valence-electron chi connectivity index (χ4n) is 3.03. The molecule has 0 aliphatic carbocycles. The topological polar surface area (TPSA) is 66.3 Å². The van der Waals surface area contributed by atoms with Gasteiger partial charge in [-0.3, -0.25) is 4.90 Å². The second-order valence-corrected chi connectivity index (χ2v) is 6.87. The quantitative estimate of drug-likeness (QED) is 0.939. The van der Waals surface area contributed by atoms with Crippen LogP contribution in [0.25, 0.3) is 11.0 Å². The Balaban J connectivity index is 1.66. The van der Waals surface area contributed by atoms with Crippen LogP contribution < -0.4 is 5.32 Å². The Hall–Kier alpha value is -2.15. The molecule has 0 atom stereocenters. The Morgan fingerprint density at radius 1 is 1.08 bits per heavy atom. The molecule has 2 aromatic rings. The van der Waals surface area contributed by atoms with Gasteiger partial charge in [-0.2, -0.15) is 5.10 Å². The number of nitrogens with zero attached hydrogens (tertiary/aromatic N) is 5. The van der Waals surface area contributed by atoms with Crippen LogP contribution in [0.4, 0.5) is 10.5 Å². The van der Waals surface area contributed by atoms with Gasteiger partial charge in [-0.1, -0.05) is 0 Å². The zero-order valence-electron chi connectivity index (χ0n) is 14.9. The van der Waals surface area contributed by atoms with E-state index in [9.17, 15) is 4.79 Å². The molecule has 0 spiro atoms. The number of rotatable bonds is 3. The predicted octanol–water partition coefficient (Wildman–Crippen LogP) is 2.57. The molecule has 1 aliphatic rings. The normalized spacial score (nSPS) is 16.3. The summed E-state index contributed by atoms with van der Waals surface area (Å²) in [5, 5.41) is 8.25. The minimum atomic E-state index is -0.0594. The lowest BCUT2D eigenvalue weighted by Gasteiger charge is -2.36. The third kappa shape index (κ3) is 3.36. The van der Waals surface area contributed by atoms with Crippen LogP contribution in [0.15, 0.2) is 18.5 Å². The van der Waals surface area contributed by atoms with Crippen molar-refractivity contribution in [3.63, 3.8) is 0 Å². The van der Waals surface area contributed by atoms with Gasteiger partial charge in [0, 0.05) is 43.6 Å². The van der Waals surface area contributed by atoms with Gasteiger partial charge in [0.1, 0.15) is 0 Å². The Morgan fingerprint density at radius 3 is 2.42 bits per heavy atom. The third-order valence-electron chi connectivity index (χ3n) is 4.51. The van der Waals surface area contributed by atoms with E-state index in [0.717, 1.165) is 37.2 Å². The molecule has 24 heavy (non-hydrogen) atoms. The van der Waals surface area contributed by atoms with Gasteiger partial charge in [-0.05, 0) is 33.8 Å². The lowest BCUT2D eigenvalue weighted by Crippen LogP contribution is -2.51. The van der Waals surface area contributed by atoms with E-state index in [2.05, 4.69) is 48.0 Å². The van der Waals surface area contributed by atoms with Crippen LogP contribution in [0.5, 0.6) is 0 Å². The molecule has 0 saturated carbocycles. The van der Waals surface area contributed by atoms with E-state index in [4.69, 9.17) is 0 Å². The van der Waals surface area contributed by atoms with E-state index < -0.39 is 0 Å². The summed E-state index contributed by atoms with van der Waals surface area (Å²) in [7, 11) is 0. The molecule has 2 aromatic heterocycles. The molecule has 130 valence electrons. The van der Waals surface area contributed by atoms with Crippen molar-refractivity contribution in [2.24, 2.45) is 0 Å². The van der Waals surface area contributed by atoms with Crippen molar-refractivity contribution >= 4 is 22.8 Å². The van der Waals surface area contributed by atoms with E-state index in [1.165, 1.54) is 0 Å². The van der Waals surface area contributed by atoms with Gasteiger partial charge in [-0.15, -0.1) is 0 Å². The van der Waals surface area contributed by atoms with Crippen molar-refractivity contribution in [3.8, 4) is 0 Å². The molecule has 3 rings (SSSR count). The number of aromatic nitrogens is 3. The van der Waals surface area contributed by atoms with Crippen molar-refractivity contribution in [2.75, 3.05) is 31.5 Å². The van der Waals surface area contributed by atoms with Gasteiger partial charge in [0.15, 0.2) is 5.65 Å². The van der Waals surface area contributed by atoms with Crippen LogP contribution in [0.1, 0.15) is 33.7 Å². The van der Waals surface area contributed by atoms with Gasteiger partial charge in [0.05, 0.1) is 18.1 Å². The van der Waals surface area contributed by atoms with Crippen LogP contribution in [0, 0.1) is 0 Å². The standard InChI is InChI=1S/C17H26N6O/c1-12(2)21-5-7-22(8-6-21)17(24)20-15-9-14-10-19-23(13(3)4)16(14)18-11-15/h9-13H,5-8H2,1-4H3,(H,20,24). The molecule has 1 fully saturated rings. The highest BCUT2D eigenvalue weighted by Crippen LogP contribution is 2.19. The zero-order chi connectivity index (χ0) is 17.3. The summed E-state index contributed by atoms with van der Waals surface area (Å²) in [6.07, 6.45) is 3.49.